The van der Waals surface area contributed by atoms with Gasteiger partial charge in [-0.3, -0.25) is 12.5 Å². The van der Waals surface area contributed by atoms with E-state index in [1.807, 2.05) is 0 Å². The van der Waals surface area contributed by atoms with Crippen LogP contribution in [0.1, 0.15) is 6.42 Å². The molecule has 2 aliphatic rings. The van der Waals surface area contributed by atoms with Crippen molar-refractivity contribution in [3.63, 3.8) is 0 Å². The molecular weight excluding hydrogens is 465 g/mol. The lowest BCUT2D eigenvalue weighted by atomic mass is 10.2. The summed E-state index contributed by atoms with van der Waals surface area (Å²) in [5, 5.41) is -1.56. The quantitative estimate of drug-likeness (QED) is 0.305. The van der Waals surface area contributed by atoms with E-state index >= 15 is 0 Å². The lowest BCUT2D eigenvalue weighted by Crippen LogP contribution is -2.30. The average molecular weight is 478 g/mol. The van der Waals surface area contributed by atoms with Crippen molar-refractivity contribution < 1.29 is 64.7 Å². The van der Waals surface area contributed by atoms with Crippen LogP contribution < -0.4 is 0 Å². The third-order valence-electron chi connectivity index (χ3n) is 3.19. The predicted octanol–water partition coefficient (Wildman–Crippen LogP) is -1.15. The van der Waals surface area contributed by atoms with E-state index in [1.54, 1.807) is 0 Å². The van der Waals surface area contributed by atoms with Crippen molar-refractivity contribution in [1.82, 2.24) is 0 Å². The van der Waals surface area contributed by atoms with Crippen molar-refractivity contribution in [3.05, 3.63) is 0 Å². The standard InChI is InChI=1S/C10H13F3O12S3/c11-10(12,13)9(14)20-5-8-1-6(24-27(8,16)17)2-21-26(15)22-3-7-4-23-28(18,19)25-7/h6-8H,1-5H2. The van der Waals surface area contributed by atoms with Gasteiger partial charge in [-0.15, -0.1) is 0 Å². The van der Waals surface area contributed by atoms with Gasteiger partial charge >= 0.3 is 33.9 Å². The van der Waals surface area contributed by atoms with Gasteiger partial charge in [0.1, 0.15) is 24.1 Å². The Bertz CT molecular complexity index is 807. The first kappa shape index (κ1) is 23.4. The summed E-state index contributed by atoms with van der Waals surface area (Å²) in [5.74, 6) is -2.54. The molecule has 2 aliphatic heterocycles. The molecule has 12 nitrogen and oxygen atoms in total. The number of ether oxygens (including phenoxy) is 1. The maximum Gasteiger partial charge on any atom is 0.490 e. The Hall–Kier alpha value is -0.890. The number of carbonyl (C=O) groups excluding carboxylic acids is 1. The van der Waals surface area contributed by atoms with E-state index in [0.29, 0.717) is 0 Å². The molecule has 0 N–H and O–H groups in total. The maximum absolute atomic E-state index is 12.1. The van der Waals surface area contributed by atoms with Gasteiger partial charge < -0.3 is 4.74 Å². The highest BCUT2D eigenvalue weighted by atomic mass is 32.3. The van der Waals surface area contributed by atoms with Crippen LogP contribution in [0.4, 0.5) is 13.2 Å². The highest BCUT2D eigenvalue weighted by Gasteiger charge is 2.45. The molecule has 4 unspecified atom stereocenters. The molecule has 0 spiro atoms. The van der Waals surface area contributed by atoms with E-state index in [2.05, 4.69) is 25.7 Å². The third-order valence-corrected chi connectivity index (χ3v) is 6.46. The zero-order valence-electron chi connectivity index (χ0n) is 13.5. The van der Waals surface area contributed by atoms with E-state index in [-0.39, 0.29) is 13.0 Å². The second-order valence-electron chi connectivity index (χ2n) is 5.35. The van der Waals surface area contributed by atoms with E-state index in [1.165, 1.54) is 0 Å². The summed E-state index contributed by atoms with van der Waals surface area (Å²) in [6.45, 7) is -2.51. The Morgan fingerprint density at radius 2 is 1.64 bits per heavy atom. The molecule has 0 saturated carbocycles. The molecule has 0 radical (unpaired) electrons. The third kappa shape index (κ3) is 6.87. The normalized spacial score (nSPS) is 30.2. The van der Waals surface area contributed by atoms with Gasteiger partial charge in [0.05, 0.1) is 19.8 Å². The number of hydrogen-bond donors (Lipinski definition) is 0. The van der Waals surface area contributed by atoms with E-state index in [0.717, 1.165) is 0 Å². The number of alkyl halides is 3. The van der Waals surface area contributed by atoms with Crippen LogP contribution in [0, 0.1) is 0 Å². The average Bonchev–Trinajstić information content (AvgIpc) is 3.05. The van der Waals surface area contributed by atoms with Gasteiger partial charge in [-0.05, 0) is 6.42 Å². The molecule has 28 heavy (non-hydrogen) atoms. The van der Waals surface area contributed by atoms with Crippen LogP contribution in [0.25, 0.3) is 0 Å². The fraction of sp³-hybridized carbons (Fsp3) is 0.900. The van der Waals surface area contributed by atoms with Crippen molar-refractivity contribution in [2.45, 2.75) is 30.1 Å². The highest BCUT2D eigenvalue weighted by molar-refractivity contribution is 7.87. The SMILES string of the molecule is O=C(OCC1CC(COS(=O)OCC2COS(=O)(=O)O2)OS1(=O)=O)C(F)(F)F. The second-order valence-corrected chi connectivity index (χ2v) is 9.32. The smallest absolute Gasteiger partial charge is 0.458 e. The Kier molecular flexibility index (Phi) is 7.40. The van der Waals surface area contributed by atoms with Crippen molar-refractivity contribution in [3.8, 4) is 0 Å². The zero-order chi connectivity index (χ0) is 21.2. The Balaban J connectivity index is 1.73. The molecule has 0 bridgehead atoms. The van der Waals surface area contributed by atoms with Crippen LogP contribution in [0.3, 0.4) is 0 Å². The molecule has 0 aromatic rings. The van der Waals surface area contributed by atoms with E-state index in [4.69, 9.17) is 0 Å². The molecule has 164 valence electrons. The van der Waals surface area contributed by atoms with Crippen LogP contribution in [-0.2, 0) is 62.3 Å². The maximum atomic E-state index is 12.1. The summed E-state index contributed by atoms with van der Waals surface area (Å²) in [6, 6.07) is 0. The fourth-order valence-corrected chi connectivity index (χ4v) is 4.74. The second kappa shape index (κ2) is 8.86. The van der Waals surface area contributed by atoms with Crippen LogP contribution in [0.15, 0.2) is 0 Å². The Labute approximate surface area is 159 Å². The van der Waals surface area contributed by atoms with Gasteiger partial charge in [0.2, 0.25) is 0 Å². The van der Waals surface area contributed by atoms with Crippen molar-refractivity contribution >= 4 is 37.8 Å². The van der Waals surface area contributed by atoms with Crippen LogP contribution in [0.2, 0.25) is 0 Å². The highest BCUT2D eigenvalue weighted by Crippen LogP contribution is 2.26. The zero-order valence-corrected chi connectivity index (χ0v) is 16.0. The largest absolute Gasteiger partial charge is 0.490 e. The summed E-state index contributed by atoms with van der Waals surface area (Å²) in [5.41, 5.74) is 0. The van der Waals surface area contributed by atoms with Gasteiger partial charge in [-0.2, -0.15) is 34.2 Å². The first-order chi connectivity index (χ1) is 12.8. The van der Waals surface area contributed by atoms with Gasteiger partial charge in [0.25, 0.3) is 10.1 Å². The fourth-order valence-electron chi connectivity index (χ4n) is 1.97. The number of hydrogen-bond acceptors (Lipinski definition) is 12. The molecule has 18 heteroatoms. The number of halogens is 3. The molecule has 0 aromatic carbocycles. The van der Waals surface area contributed by atoms with E-state index < -0.39 is 81.3 Å². The molecular formula is C10H13F3O12S3. The lowest BCUT2D eigenvalue weighted by Gasteiger charge is -2.10. The number of carbonyl (C=O) groups is 1. The monoisotopic (exact) mass is 478 g/mol. The molecule has 2 rings (SSSR count). The molecule has 4 atom stereocenters. The van der Waals surface area contributed by atoms with Crippen molar-refractivity contribution in [2.75, 3.05) is 26.4 Å². The van der Waals surface area contributed by atoms with Crippen LogP contribution in [-0.4, -0.2) is 77.1 Å². The van der Waals surface area contributed by atoms with Gasteiger partial charge in [0.15, 0.2) is 0 Å². The topological polar surface area (TPSA) is 158 Å². The Morgan fingerprint density at radius 3 is 2.18 bits per heavy atom. The van der Waals surface area contributed by atoms with Gasteiger partial charge in [-0.25, -0.2) is 13.2 Å². The summed E-state index contributed by atoms with van der Waals surface area (Å²) >= 11 is -2.44. The molecule has 0 amide bonds. The minimum Gasteiger partial charge on any atom is -0.458 e. The first-order valence-corrected chi connectivity index (χ1v) is 11.0. The minimum absolute atomic E-state index is 0.359. The van der Waals surface area contributed by atoms with Gasteiger partial charge in [-0.1, -0.05) is 0 Å². The summed E-state index contributed by atoms with van der Waals surface area (Å²) in [4.78, 5) is 10.6. The van der Waals surface area contributed by atoms with Crippen molar-refractivity contribution in [1.29, 1.82) is 0 Å². The first-order valence-electron chi connectivity index (χ1n) is 7.20. The lowest BCUT2D eigenvalue weighted by molar-refractivity contribution is -0.199. The molecule has 0 aliphatic carbocycles. The van der Waals surface area contributed by atoms with E-state index in [9.17, 15) is 39.0 Å². The molecule has 0 aromatic heterocycles. The van der Waals surface area contributed by atoms with Gasteiger partial charge in [0, 0.05) is 0 Å². The van der Waals surface area contributed by atoms with Crippen molar-refractivity contribution in [2.24, 2.45) is 0 Å². The molecule has 2 saturated heterocycles. The minimum atomic E-state index is -5.27. The summed E-state index contributed by atoms with van der Waals surface area (Å²) < 4.78 is 119. The number of rotatable bonds is 8. The Morgan fingerprint density at radius 1 is 1.04 bits per heavy atom. The predicted molar refractivity (Wildman–Crippen MR) is 79.0 cm³/mol. The number of esters is 1. The summed E-state index contributed by atoms with van der Waals surface area (Å²) in [7, 11) is -8.45. The van der Waals surface area contributed by atoms with Crippen LogP contribution in [0.5, 0.6) is 0 Å². The molecule has 2 heterocycles. The summed E-state index contributed by atoms with van der Waals surface area (Å²) in [6.07, 6.45) is -7.91. The molecule has 2 fully saturated rings. The van der Waals surface area contributed by atoms with Crippen LogP contribution >= 0.6 is 0 Å².